The summed E-state index contributed by atoms with van der Waals surface area (Å²) in [6.07, 6.45) is 1.49. The lowest BCUT2D eigenvalue weighted by Crippen LogP contribution is -2.18. The van der Waals surface area contributed by atoms with Gasteiger partial charge in [-0.3, -0.25) is 0 Å². The first kappa shape index (κ1) is 16.1. The van der Waals surface area contributed by atoms with Crippen molar-refractivity contribution in [3.8, 4) is 0 Å². The molecule has 0 spiro atoms. The second-order valence-electron chi connectivity index (χ2n) is 3.65. The van der Waals surface area contributed by atoms with Gasteiger partial charge in [-0.25, -0.2) is 14.8 Å². The highest BCUT2D eigenvalue weighted by atomic mass is 33.1. The molecule has 0 aliphatic carbocycles. The first-order valence-corrected chi connectivity index (χ1v) is 8.14. The molecule has 0 unspecified atom stereocenters. The summed E-state index contributed by atoms with van der Waals surface area (Å²) in [5.74, 6) is 1.34. The Hall–Kier alpha value is -0.990. The zero-order valence-corrected chi connectivity index (χ0v) is 12.8. The number of rotatable bonds is 7. The highest BCUT2D eigenvalue weighted by Gasteiger charge is 2.17. The van der Waals surface area contributed by atoms with Crippen molar-refractivity contribution in [2.45, 2.75) is 12.7 Å². The summed E-state index contributed by atoms with van der Waals surface area (Å²) >= 11 is 0. The molecule has 0 aromatic carbocycles. The molecule has 6 nitrogen and oxygen atoms in total. The van der Waals surface area contributed by atoms with Gasteiger partial charge < -0.3 is 14.7 Å². The first-order valence-electron chi connectivity index (χ1n) is 5.65. The van der Waals surface area contributed by atoms with Crippen LogP contribution in [-0.2, 0) is 10.5 Å². The molecule has 1 rings (SSSR count). The van der Waals surface area contributed by atoms with Crippen LogP contribution in [0.4, 0.5) is 5.82 Å². The van der Waals surface area contributed by atoms with Gasteiger partial charge >= 0.3 is 5.97 Å². The Morgan fingerprint density at radius 2 is 2.21 bits per heavy atom. The third kappa shape index (κ3) is 4.88. The van der Waals surface area contributed by atoms with Crippen LogP contribution in [0.25, 0.3) is 0 Å². The van der Waals surface area contributed by atoms with Crippen molar-refractivity contribution < 1.29 is 14.6 Å². The van der Waals surface area contributed by atoms with E-state index in [-0.39, 0.29) is 5.94 Å². The molecule has 0 aliphatic rings. The number of carbonyl (C=O) groups is 1. The van der Waals surface area contributed by atoms with Gasteiger partial charge in [-0.05, 0) is 6.92 Å². The fourth-order valence-electron chi connectivity index (χ4n) is 1.30. The number of hydrogen-bond donors (Lipinski definition) is 1. The van der Waals surface area contributed by atoms with Crippen LogP contribution in [0.3, 0.4) is 0 Å². The molecule has 0 fully saturated rings. The maximum absolute atomic E-state index is 11.8. The van der Waals surface area contributed by atoms with E-state index < -0.39 is 5.97 Å². The van der Waals surface area contributed by atoms with E-state index in [1.54, 1.807) is 11.8 Å². The lowest BCUT2D eigenvalue weighted by atomic mass is 10.3. The molecule has 0 saturated heterocycles. The van der Waals surface area contributed by atoms with Crippen molar-refractivity contribution >= 4 is 33.4 Å². The molecular formula is C11H17N3O3S2. The van der Waals surface area contributed by atoms with Crippen molar-refractivity contribution in [3.05, 3.63) is 17.6 Å². The van der Waals surface area contributed by atoms with Crippen LogP contribution in [-0.4, -0.2) is 47.7 Å². The van der Waals surface area contributed by atoms with Crippen molar-refractivity contribution in [2.75, 3.05) is 31.5 Å². The van der Waals surface area contributed by atoms with Crippen LogP contribution in [0.15, 0.2) is 6.20 Å². The van der Waals surface area contributed by atoms with Crippen molar-refractivity contribution in [1.82, 2.24) is 9.97 Å². The molecule has 1 N–H and O–H groups in total. The van der Waals surface area contributed by atoms with Crippen molar-refractivity contribution in [1.29, 1.82) is 0 Å². The van der Waals surface area contributed by atoms with Gasteiger partial charge in [0, 0.05) is 20.3 Å². The Labute approximate surface area is 120 Å². The van der Waals surface area contributed by atoms with Crippen LogP contribution in [0.2, 0.25) is 0 Å². The number of anilines is 1. The summed E-state index contributed by atoms with van der Waals surface area (Å²) in [6, 6.07) is 0. The second-order valence-corrected chi connectivity index (χ2v) is 6.08. The van der Waals surface area contributed by atoms with Gasteiger partial charge in [-0.15, -0.1) is 0 Å². The van der Waals surface area contributed by atoms with Gasteiger partial charge in [0.1, 0.15) is 17.2 Å². The lowest BCUT2D eigenvalue weighted by molar-refractivity contribution is 0.0526. The zero-order valence-electron chi connectivity index (χ0n) is 11.1. The lowest BCUT2D eigenvalue weighted by Gasteiger charge is -2.15. The van der Waals surface area contributed by atoms with E-state index in [0.717, 1.165) is 0 Å². The number of esters is 1. The van der Waals surface area contributed by atoms with Gasteiger partial charge in [0.2, 0.25) is 0 Å². The van der Waals surface area contributed by atoms with E-state index in [9.17, 15) is 4.79 Å². The monoisotopic (exact) mass is 303 g/mol. The normalized spacial score (nSPS) is 10.3. The third-order valence-electron chi connectivity index (χ3n) is 2.06. The Morgan fingerprint density at radius 3 is 2.79 bits per heavy atom. The fraction of sp³-hybridized carbons (Fsp3) is 0.545. The fourth-order valence-corrected chi connectivity index (χ4v) is 2.50. The van der Waals surface area contributed by atoms with Gasteiger partial charge in [-0.1, -0.05) is 21.6 Å². The zero-order chi connectivity index (χ0) is 14.3. The number of carbonyl (C=O) groups excluding carboxylic acids is 1. The van der Waals surface area contributed by atoms with Crippen LogP contribution in [0.5, 0.6) is 0 Å². The highest BCUT2D eigenvalue weighted by molar-refractivity contribution is 8.76. The predicted molar refractivity (Wildman–Crippen MR) is 78.3 cm³/mol. The van der Waals surface area contributed by atoms with Crippen LogP contribution in [0.1, 0.15) is 23.1 Å². The molecule has 0 atom stereocenters. The molecule has 1 aromatic rings. The summed E-state index contributed by atoms with van der Waals surface area (Å²) in [5.41, 5.74) is 0.357. The average molecular weight is 303 g/mol. The van der Waals surface area contributed by atoms with E-state index in [1.807, 2.05) is 14.1 Å². The number of aliphatic hydroxyl groups excluding tert-OH is 1. The van der Waals surface area contributed by atoms with Crippen molar-refractivity contribution in [3.63, 3.8) is 0 Å². The van der Waals surface area contributed by atoms with E-state index in [1.165, 1.54) is 27.8 Å². The largest absolute Gasteiger partial charge is 0.462 e. The molecule has 1 heterocycles. The molecule has 0 saturated carbocycles. The Balaban J connectivity index is 2.91. The summed E-state index contributed by atoms with van der Waals surface area (Å²) in [6.45, 7) is 2.07. The quantitative estimate of drug-likeness (QED) is 0.352. The summed E-state index contributed by atoms with van der Waals surface area (Å²) in [7, 11) is 6.40. The SMILES string of the molecule is CCOC(=O)c1cnc(CSSCO)nc1N(C)C. The minimum absolute atomic E-state index is 0.0477. The van der Waals surface area contributed by atoms with Crippen molar-refractivity contribution in [2.24, 2.45) is 0 Å². The topological polar surface area (TPSA) is 75.5 Å². The van der Waals surface area contributed by atoms with Gasteiger partial charge in [0.25, 0.3) is 0 Å². The van der Waals surface area contributed by atoms with Gasteiger partial charge in [-0.2, -0.15) is 0 Å². The summed E-state index contributed by atoms with van der Waals surface area (Å²) in [4.78, 5) is 22.0. The Kier molecular flexibility index (Phi) is 6.96. The van der Waals surface area contributed by atoms with E-state index in [2.05, 4.69) is 9.97 Å². The highest BCUT2D eigenvalue weighted by Crippen LogP contribution is 2.24. The molecule has 0 aliphatic heterocycles. The molecule has 0 bridgehead atoms. The van der Waals surface area contributed by atoms with Crippen LogP contribution in [0, 0.1) is 0 Å². The van der Waals surface area contributed by atoms with E-state index >= 15 is 0 Å². The second kappa shape index (κ2) is 8.23. The maximum atomic E-state index is 11.8. The maximum Gasteiger partial charge on any atom is 0.343 e. The van der Waals surface area contributed by atoms with Crippen LogP contribution >= 0.6 is 21.6 Å². The Bertz CT molecular complexity index is 430. The molecule has 0 amide bonds. The van der Waals surface area contributed by atoms with E-state index in [0.29, 0.717) is 29.6 Å². The minimum atomic E-state index is -0.421. The number of ether oxygens (including phenoxy) is 1. The molecule has 1 aromatic heterocycles. The van der Waals surface area contributed by atoms with Gasteiger partial charge in [0.15, 0.2) is 0 Å². The smallest absolute Gasteiger partial charge is 0.343 e. The molecule has 0 radical (unpaired) electrons. The third-order valence-corrected chi connectivity index (χ3v) is 3.88. The predicted octanol–water partition coefficient (Wildman–Crippen LogP) is 1.55. The van der Waals surface area contributed by atoms with Gasteiger partial charge in [0.05, 0.1) is 18.3 Å². The minimum Gasteiger partial charge on any atom is -0.462 e. The first-order chi connectivity index (χ1) is 9.10. The number of hydrogen-bond acceptors (Lipinski definition) is 8. The number of aliphatic hydroxyl groups is 1. The van der Waals surface area contributed by atoms with E-state index in [4.69, 9.17) is 9.84 Å². The van der Waals surface area contributed by atoms with Crippen LogP contribution < -0.4 is 4.90 Å². The Morgan fingerprint density at radius 1 is 1.47 bits per heavy atom. The summed E-state index contributed by atoms with van der Waals surface area (Å²) in [5, 5.41) is 8.69. The molecule has 8 heteroatoms. The standard InChI is InChI=1S/C11H17N3O3S2/c1-4-17-11(16)8-5-12-9(6-18-19-7-15)13-10(8)14(2)3/h5,15H,4,6-7H2,1-3H3. The summed E-state index contributed by atoms with van der Waals surface area (Å²) < 4.78 is 4.97. The number of nitrogens with zero attached hydrogens (tertiary/aromatic N) is 3. The average Bonchev–Trinajstić information content (AvgIpc) is 2.39. The molecule has 19 heavy (non-hydrogen) atoms. The molecular weight excluding hydrogens is 286 g/mol. The number of aromatic nitrogens is 2. The molecule has 106 valence electrons.